The Labute approximate surface area is 225 Å². The zero-order valence-electron chi connectivity index (χ0n) is 22.7. The molecule has 2 aliphatic heterocycles. The van der Waals surface area contributed by atoms with Gasteiger partial charge in [0.2, 0.25) is 5.95 Å². The van der Waals surface area contributed by atoms with Crippen LogP contribution in [-0.4, -0.2) is 81.5 Å². The topological polar surface area (TPSA) is 91.2 Å². The highest BCUT2D eigenvalue weighted by Gasteiger charge is 2.28. The molecule has 2 N–H and O–H groups in total. The number of rotatable bonds is 6. The monoisotopic (exact) mass is 516 g/mol. The highest BCUT2D eigenvalue weighted by atomic mass is 16.2. The quantitative estimate of drug-likeness (QED) is 0.504. The van der Waals surface area contributed by atoms with E-state index in [-0.39, 0.29) is 5.91 Å². The number of amides is 1. The van der Waals surface area contributed by atoms with Gasteiger partial charge in [0.05, 0.1) is 0 Å². The van der Waals surface area contributed by atoms with Crippen molar-refractivity contribution >= 4 is 28.7 Å². The van der Waals surface area contributed by atoms with Crippen LogP contribution in [0.15, 0.2) is 30.6 Å². The average Bonchev–Trinajstić information content (AvgIpc) is 3.61. The van der Waals surface area contributed by atoms with Gasteiger partial charge in [-0.3, -0.25) is 4.79 Å². The lowest BCUT2D eigenvalue weighted by atomic mass is 9.89. The van der Waals surface area contributed by atoms with Crippen LogP contribution >= 0.6 is 0 Å². The zero-order valence-corrected chi connectivity index (χ0v) is 22.7. The Kier molecular flexibility index (Phi) is 7.30. The van der Waals surface area contributed by atoms with Gasteiger partial charge in [-0.25, -0.2) is 9.97 Å². The molecule has 0 atom stereocenters. The van der Waals surface area contributed by atoms with Crippen LogP contribution in [0.5, 0.6) is 0 Å². The van der Waals surface area contributed by atoms with Gasteiger partial charge in [-0.1, -0.05) is 18.9 Å². The van der Waals surface area contributed by atoms with Crippen LogP contribution in [0.25, 0.3) is 11.0 Å². The molecule has 0 spiro atoms. The van der Waals surface area contributed by atoms with Gasteiger partial charge >= 0.3 is 0 Å². The lowest BCUT2D eigenvalue weighted by Gasteiger charge is -2.39. The third kappa shape index (κ3) is 5.14. The van der Waals surface area contributed by atoms with Gasteiger partial charge in [-0.05, 0) is 88.3 Å². The van der Waals surface area contributed by atoms with Gasteiger partial charge in [0.1, 0.15) is 17.2 Å². The van der Waals surface area contributed by atoms with E-state index in [9.17, 15) is 4.79 Å². The first kappa shape index (κ1) is 25.2. The van der Waals surface area contributed by atoms with Crippen molar-refractivity contribution in [3.63, 3.8) is 0 Å². The fourth-order valence-corrected chi connectivity index (χ4v) is 6.60. The molecule has 1 amide bonds. The molecule has 0 radical (unpaired) electrons. The third-order valence-corrected chi connectivity index (χ3v) is 8.74. The Morgan fingerprint density at radius 2 is 1.74 bits per heavy atom. The van der Waals surface area contributed by atoms with Gasteiger partial charge in [0.25, 0.3) is 5.91 Å². The summed E-state index contributed by atoms with van der Waals surface area (Å²) in [6, 6.07) is 7.23. The zero-order chi connectivity index (χ0) is 26.1. The van der Waals surface area contributed by atoms with E-state index in [0.717, 1.165) is 48.8 Å². The molecular weight excluding hydrogens is 476 g/mol. The van der Waals surface area contributed by atoms with Crippen LogP contribution in [0.4, 0.5) is 11.8 Å². The molecule has 9 heteroatoms. The maximum atomic E-state index is 13.0. The minimum absolute atomic E-state index is 0.00301. The van der Waals surface area contributed by atoms with Crippen molar-refractivity contribution in [2.75, 3.05) is 45.6 Å². The van der Waals surface area contributed by atoms with E-state index in [1.165, 1.54) is 57.2 Å². The van der Waals surface area contributed by atoms with Gasteiger partial charge in [-0.2, -0.15) is 4.98 Å². The molecule has 2 saturated heterocycles. The second-order valence-corrected chi connectivity index (χ2v) is 11.4. The molecule has 38 heavy (non-hydrogen) atoms. The summed E-state index contributed by atoms with van der Waals surface area (Å²) in [6.07, 6.45) is 13.3. The van der Waals surface area contributed by atoms with Crippen LogP contribution in [0.3, 0.4) is 0 Å². The second kappa shape index (κ2) is 11.0. The third-order valence-electron chi connectivity index (χ3n) is 8.74. The van der Waals surface area contributed by atoms with Crippen molar-refractivity contribution in [1.29, 1.82) is 0 Å². The summed E-state index contributed by atoms with van der Waals surface area (Å²) in [5, 5.41) is 7.67. The minimum atomic E-state index is 0.00301. The number of piperidine rings is 2. The van der Waals surface area contributed by atoms with Crippen LogP contribution in [0.2, 0.25) is 0 Å². The molecule has 0 bridgehead atoms. The van der Waals surface area contributed by atoms with Gasteiger partial charge in [0.15, 0.2) is 0 Å². The van der Waals surface area contributed by atoms with E-state index in [1.807, 2.05) is 24.5 Å². The number of nitrogens with one attached hydrogen (secondary N) is 2. The maximum absolute atomic E-state index is 13.0. The summed E-state index contributed by atoms with van der Waals surface area (Å²) in [6.45, 7) is 4.67. The fraction of sp³-hybridized carbons (Fsp3) is 0.586. The Morgan fingerprint density at radius 3 is 2.42 bits per heavy atom. The summed E-state index contributed by atoms with van der Waals surface area (Å²) in [5.41, 5.74) is 2.83. The first-order chi connectivity index (χ1) is 18.6. The average molecular weight is 517 g/mol. The summed E-state index contributed by atoms with van der Waals surface area (Å²) >= 11 is 0. The predicted molar refractivity (Wildman–Crippen MR) is 150 cm³/mol. The van der Waals surface area contributed by atoms with Crippen molar-refractivity contribution < 1.29 is 4.79 Å². The lowest BCUT2D eigenvalue weighted by Crippen LogP contribution is -2.46. The number of fused-ring (bicyclic) bond motifs is 1. The lowest BCUT2D eigenvalue weighted by molar-refractivity contribution is 0.0815. The largest absolute Gasteiger partial charge is 0.343 e. The molecule has 3 aliphatic rings. The minimum Gasteiger partial charge on any atom is -0.343 e. The van der Waals surface area contributed by atoms with Crippen LogP contribution < -0.4 is 10.6 Å². The van der Waals surface area contributed by atoms with Crippen LogP contribution in [0, 0.1) is 0 Å². The number of pyridine rings is 1. The Balaban J connectivity index is 1.16. The molecular formula is C29H40N8O. The summed E-state index contributed by atoms with van der Waals surface area (Å²) in [4.78, 5) is 31.4. The van der Waals surface area contributed by atoms with E-state index in [0.29, 0.717) is 23.6 Å². The van der Waals surface area contributed by atoms with Crippen molar-refractivity contribution in [3.05, 3.63) is 41.9 Å². The first-order valence-corrected chi connectivity index (χ1v) is 14.3. The SMILES string of the molecule is CN(C)C(=O)c1cc2cnc(Nc3ccc(C4CCN(C5CCNCC5)CC4)cn3)nc2n1C1CCCC1. The van der Waals surface area contributed by atoms with Gasteiger partial charge in [-0.15, -0.1) is 0 Å². The highest BCUT2D eigenvalue weighted by Crippen LogP contribution is 2.35. The van der Waals surface area contributed by atoms with Crippen molar-refractivity contribution in [2.45, 2.75) is 69.4 Å². The Hall–Kier alpha value is -3.04. The van der Waals surface area contributed by atoms with Gasteiger partial charge < -0.3 is 25.0 Å². The van der Waals surface area contributed by atoms with E-state index in [1.54, 1.807) is 19.0 Å². The van der Waals surface area contributed by atoms with E-state index in [4.69, 9.17) is 9.97 Å². The summed E-state index contributed by atoms with van der Waals surface area (Å²) in [7, 11) is 3.59. The van der Waals surface area contributed by atoms with Crippen molar-refractivity contribution in [1.82, 2.24) is 34.6 Å². The molecule has 0 unspecified atom stereocenters. The van der Waals surface area contributed by atoms with Crippen molar-refractivity contribution in [3.8, 4) is 0 Å². The van der Waals surface area contributed by atoms with E-state index < -0.39 is 0 Å². The number of likely N-dealkylation sites (tertiary alicyclic amines) is 1. The number of carbonyl (C=O) groups is 1. The number of aromatic nitrogens is 4. The highest BCUT2D eigenvalue weighted by molar-refractivity contribution is 5.97. The summed E-state index contributed by atoms with van der Waals surface area (Å²) in [5.74, 6) is 1.82. The Bertz CT molecular complexity index is 1250. The summed E-state index contributed by atoms with van der Waals surface area (Å²) < 4.78 is 2.14. The smallest absolute Gasteiger partial charge is 0.270 e. The molecule has 3 aromatic heterocycles. The molecule has 6 rings (SSSR count). The molecule has 202 valence electrons. The Morgan fingerprint density at radius 1 is 0.974 bits per heavy atom. The predicted octanol–water partition coefficient (Wildman–Crippen LogP) is 4.32. The normalized spacial score (nSPS) is 20.3. The molecule has 3 fully saturated rings. The second-order valence-electron chi connectivity index (χ2n) is 11.4. The molecule has 3 aromatic rings. The molecule has 5 heterocycles. The van der Waals surface area contributed by atoms with Crippen LogP contribution in [-0.2, 0) is 0 Å². The fourth-order valence-electron chi connectivity index (χ4n) is 6.60. The number of hydrogen-bond acceptors (Lipinski definition) is 7. The number of hydrogen-bond donors (Lipinski definition) is 2. The number of nitrogens with zero attached hydrogens (tertiary/aromatic N) is 6. The molecule has 9 nitrogen and oxygen atoms in total. The number of anilines is 2. The van der Waals surface area contributed by atoms with E-state index in [2.05, 4.69) is 31.2 Å². The van der Waals surface area contributed by atoms with E-state index >= 15 is 0 Å². The van der Waals surface area contributed by atoms with Crippen molar-refractivity contribution in [2.24, 2.45) is 0 Å². The standard InChI is InChI=1S/C29H40N8O/c1-35(2)28(38)25-17-22-19-32-29(34-27(22)37(25)24-5-3-4-6-24)33-26-8-7-21(18-31-26)20-11-15-36(16-12-20)23-9-13-30-14-10-23/h7-8,17-20,23-24,30H,3-6,9-16H2,1-2H3,(H,31,32,33,34). The first-order valence-electron chi connectivity index (χ1n) is 14.3. The van der Waals surface area contributed by atoms with Crippen LogP contribution in [0.1, 0.15) is 79.4 Å². The molecule has 0 aromatic carbocycles. The van der Waals surface area contributed by atoms with Gasteiger partial charge in [0, 0.05) is 44.0 Å². The molecule has 1 saturated carbocycles. The maximum Gasteiger partial charge on any atom is 0.270 e. The molecule has 1 aliphatic carbocycles. The number of carbonyl (C=O) groups excluding carboxylic acids is 1.